The standard InChI is InChI=1S/C20H24ClNO2/c1-12(2)16-7-6-13(3)10-18(16)24-11-19(23)22-20-15(5)8-14(4)9-17(20)21/h6-10,12H,11H2,1-5H3,(H,22,23). The van der Waals surface area contributed by atoms with Gasteiger partial charge >= 0.3 is 0 Å². The van der Waals surface area contributed by atoms with Gasteiger partial charge in [-0.05, 0) is 61.1 Å². The van der Waals surface area contributed by atoms with E-state index in [1.54, 1.807) is 0 Å². The fraction of sp³-hybridized carbons (Fsp3) is 0.350. The minimum Gasteiger partial charge on any atom is -0.483 e. The zero-order valence-corrected chi connectivity index (χ0v) is 15.6. The molecule has 2 rings (SSSR count). The largest absolute Gasteiger partial charge is 0.483 e. The summed E-state index contributed by atoms with van der Waals surface area (Å²) in [6, 6.07) is 9.89. The van der Waals surface area contributed by atoms with Crippen molar-refractivity contribution in [2.75, 3.05) is 11.9 Å². The summed E-state index contributed by atoms with van der Waals surface area (Å²) < 4.78 is 5.76. The van der Waals surface area contributed by atoms with E-state index in [1.165, 1.54) is 0 Å². The van der Waals surface area contributed by atoms with Crippen molar-refractivity contribution in [1.82, 2.24) is 0 Å². The van der Waals surface area contributed by atoms with Crippen molar-refractivity contribution in [3.05, 3.63) is 57.6 Å². The zero-order chi connectivity index (χ0) is 17.9. The van der Waals surface area contributed by atoms with Gasteiger partial charge in [0.1, 0.15) is 5.75 Å². The first-order valence-electron chi connectivity index (χ1n) is 8.08. The molecule has 2 aromatic rings. The molecule has 0 saturated heterocycles. The van der Waals surface area contributed by atoms with Crippen molar-refractivity contribution < 1.29 is 9.53 Å². The first-order valence-corrected chi connectivity index (χ1v) is 8.45. The van der Waals surface area contributed by atoms with Gasteiger partial charge in [-0.3, -0.25) is 4.79 Å². The van der Waals surface area contributed by atoms with Crippen molar-refractivity contribution in [2.45, 2.75) is 40.5 Å². The number of hydrogen-bond donors (Lipinski definition) is 1. The number of ether oxygens (including phenoxy) is 1. The van der Waals surface area contributed by atoms with Gasteiger partial charge in [0.05, 0.1) is 10.7 Å². The number of carbonyl (C=O) groups is 1. The maximum atomic E-state index is 12.2. The van der Waals surface area contributed by atoms with Crippen molar-refractivity contribution in [1.29, 1.82) is 0 Å². The van der Waals surface area contributed by atoms with Crippen molar-refractivity contribution >= 4 is 23.2 Å². The molecule has 0 aliphatic rings. The van der Waals surface area contributed by atoms with Crippen LogP contribution in [0, 0.1) is 20.8 Å². The first-order chi connectivity index (χ1) is 11.3. The van der Waals surface area contributed by atoms with Gasteiger partial charge in [0.15, 0.2) is 6.61 Å². The molecular formula is C20H24ClNO2. The molecule has 0 aromatic heterocycles. The Morgan fingerprint density at radius 3 is 2.46 bits per heavy atom. The molecular weight excluding hydrogens is 322 g/mol. The fourth-order valence-electron chi connectivity index (χ4n) is 2.64. The van der Waals surface area contributed by atoms with Gasteiger partial charge in [-0.1, -0.05) is 43.6 Å². The van der Waals surface area contributed by atoms with Crippen molar-refractivity contribution in [3.63, 3.8) is 0 Å². The van der Waals surface area contributed by atoms with Crippen LogP contribution in [0.2, 0.25) is 5.02 Å². The fourth-order valence-corrected chi connectivity index (χ4v) is 3.00. The van der Waals surface area contributed by atoms with Crippen LogP contribution in [0.25, 0.3) is 0 Å². The minimum atomic E-state index is -0.222. The molecule has 0 spiro atoms. The Labute approximate surface area is 149 Å². The van der Waals surface area contributed by atoms with E-state index in [4.69, 9.17) is 16.3 Å². The molecule has 0 bridgehead atoms. The van der Waals surface area contributed by atoms with Crippen LogP contribution in [-0.4, -0.2) is 12.5 Å². The summed E-state index contributed by atoms with van der Waals surface area (Å²) in [6.45, 7) is 10.1. The summed E-state index contributed by atoms with van der Waals surface area (Å²) in [4.78, 5) is 12.2. The number of aryl methyl sites for hydroxylation is 3. The second-order valence-electron chi connectivity index (χ2n) is 6.47. The van der Waals surface area contributed by atoms with Crippen LogP contribution in [0.15, 0.2) is 30.3 Å². The lowest BCUT2D eigenvalue weighted by Crippen LogP contribution is -2.21. The van der Waals surface area contributed by atoms with Crippen LogP contribution >= 0.6 is 11.6 Å². The highest BCUT2D eigenvalue weighted by atomic mass is 35.5. The maximum Gasteiger partial charge on any atom is 0.262 e. The number of amides is 1. The summed E-state index contributed by atoms with van der Waals surface area (Å²) in [5, 5.41) is 3.38. The minimum absolute atomic E-state index is 0.0488. The Kier molecular flexibility index (Phi) is 5.89. The van der Waals surface area contributed by atoms with E-state index in [9.17, 15) is 4.79 Å². The third-order valence-corrected chi connectivity index (χ3v) is 4.14. The van der Waals surface area contributed by atoms with Crippen molar-refractivity contribution in [2.24, 2.45) is 0 Å². The Morgan fingerprint density at radius 2 is 1.83 bits per heavy atom. The van der Waals surface area contributed by atoms with Gasteiger partial charge in [-0.25, -0.2) is 0 Å². The third kappa shape index (κ3) is 4.51. The third-order valence-electron chi connectivity index (χ3n) is 3.85. The number of carbonyl (C=O) groups excluding carboxylic acids is 1. The highest BCUT2D eigenvalue weighted by Gasteiger charge is 2.13. The van der Waals surface area contributed by atoms with E-state index in [2.05, 4.69) is 25.2 Å². The number of benzene rings is 2. The number of nitrogens with one attached hydrogen (secondary N) is 1. The molecule has 1 amide bonds. The molecule has 128 valence electrons. The van der Waals surface area contributed by atoms with Crippen LogP contribution in [0.3, 0.4) is 0 Å². The van der Waals surface area contributed by atoms with Gasteiger partial charge < -0.3 is 10.1 Å². The maximum absolute atomic E-state index is 12.2. The number of hydrogen-bond acceptors (Lipinski definition) is 2. The Bertz CT molecular complexity index is 730. The molecule has 0 atom stereocenters. The summed E-state index contributed by atoms with van der Waals surface area (Å²) in [7, 11) is 0. The summed E-state index contributed by atoms with van der Waals surface area (Å²) in [5.74, 6) is 0.865. The van der Waals surface area contributed by atoms with Crippen LogP contribution < -0.4 is 10.1 Å². The second kappa shape index (κ2) is 7.71. The lowest BCUT2D eigenvalue weighted by molar-refractivity contribution is -0.118. The average Bonchev–Trinajstić information content (AvgIpc) is 2.48. The van der Waals surface area contributed by atoms with E-state index in [1.807, 2.05) is 45.0 Å². The van der Waals surface area contributed by atoms with Crippen LogP contribution in [0.4, 0.5) is 5.69 Å². The Hall–Kier alpha value is -2.00. The quantitative estimate of drug-likeness (QED) is 0.787. The average molecular weight is 346 g/mol. The molecule has 0 saturated carbocycles. The SMILES string of the molecule is Cc1cc(C)c(NC(=O)COc2cc(C)ccc2C(C)C)c(Cl)c1. The molecule has 1 N–H and O–H groups in total. The van der Waals surface area contributed by atoms with Gasteiger partial charge in [-0.15, -0.1) is 0 Å². The van der Waals surface area contributed by atoms with Crippen LogP contribution in [-0.2, 0) is 4.79 Å². The van der Waals surface area contributed by atoms with Gasteiger partial charge in [0.2, 0.25) is 0 Å². The smallest absolute Gasteiger partial charge is 0.262 e. The normalized spacial score (nSPS) is 10.8. The molecule has 0 heterocycles. The first kappa shape index (κ1) is 18.3. The molecule has 3 nitrogen and oxygen atoms in total. The monoisotopic (exact) mass is 345 g/mol. The zero-order valence-electron chi connectivity index (χ0n) is 14.9. The highest BCUT2D eigenvalue weighted by molar-refractivity contribution is 6.34. The molecule has 0 fully saturated rings. The molecule has 0 aliphatic carbocycles. The number of anilines is 1. The molecule has 24 heavy (non-hydrogen) atoms. The lowest BCUT2D eigenvalue weighted by Gasteiger charge is -2.16. The lowest BCUT2D eigenvalue weighted by atomic mass is 10.0. The van der Waals surface area contributed by atoms with Crippen molar-refractivity contribution in [3.8, 4) is 5.75 Å². The van der Waals surface area contributed by atoms with Crippen LogP contribution in [0.5, 0.6) is 5.75 Å². The summed E-state index contributed by atoms with van der Waals surface area (Å²) in [6.07, 6.45) is 0. The van der Waals surface area contributed by atoms with E-state index in [-0.39, 0.29) is 12.5 Å². The van der Waals surface area contributed by atoms with E-state index in [0.29, 0.717) is 16.6 Å². The van der Waals surface area contributed by atoms with E-state index >= 15 is 0 Å². The van der Waals surface area contributed by atoms with E-state index in [0.717, 1.165) is 28.0 Å². The number of halogens is 1. The molecule has 0 radical (unpaired) electrons. The topological polar surface area (TPSA) is 38.3 Å². The molecule has 4 heteroatoms. The molecule has 0 unspecified atom stereocenters. The summed E-state index contributed by atoms with van der Waals surface area (Å²) in [5.41, 5.74) is 4.84. The van der Waals surface area contributed by atoms with E-state index < -0.39 is 0 Å². The van der Waals surface area contributed by atoms with Gasteiger partial charge in [-0.2, -0.15) is 0 Å². The number of rotatable bonds is 5. The molecule has 0 aliphatic heterocycles. The predicted octanol–water partition coefficient (Wildman–Crippen LogP) is 5.41. The second-order valence-corrected chi connectivity index (χ2v) is 6.88. The Balaban J connectivity index is 2.08. The highest BCUT2D eigenvalue weighted by Crippen LogP contribution is 2.29. The predicted molar refractivity (Wildman–Crippen MR) is 100 cm³/mol. The van der Waals surface area contributed by atoms with Gasteiger partial charge in [0, 0.05) is 0 Å². The van der Waals surface area contributed by atoms with Gasteiger partial charge in [0.25, 0.3) is 5.91 Å². The Morgan fingerprint density at radius 1 is 1.12 bits per heavy atom. The summed E-state index contributed by atoms with van der Waals surface area (Å²) >= 11 is 6.23. The molecule has 2 aromatic carbocycles. The van der Waals surface area contributed by atoms with Crippen LogP contribution in [0.1, 0.15) is 42.0 Å².